The van der Waals surface area contributed by atoms with Crippen LogP contribution in [0.15, 0.2) is 42.5 Å². The average Bonchev–Trinajstić information content (AvgIpc) is 2.94. The van der Waals surface area contributed by atoms with Crippen molar-refractivity contribution in [1.29, 1.82) is 0 Å². The fraction of sp³-hybridized carbons (Fsp3) is 0.238. The summed E-state index contributed by atoms with van der Waals surface area (Å²) in [6.45, 7) is 3.53. The van der Waals surface area contributed by atoms with Crippen molar-refractivity contribution < 1.29 is 19.4 Å². The van der Waals surface area contributed by atoms with Gasteiger partial charge in [0.05, 0.1) is 0 Å². The Labute approximate surface area is 156 Å². The van der Waals surface area contributed by atoms with Crippen LogP contribution in [0.4, 0.5) is 0 Å². The van der Waals surface area contributed by atoms with Gasteiger partial charge < -0.3 is 9.84 Å². The van der Waals surface area contributed by atoms with Gasteiger partial charge >= 0.3 is 5.97 Å². The molecule has 0 atom stereocenters. The molecule has 0 saturated carbocycles. The lowest BCUT2D eigenvalue weighted by Crippen LogP contribution is -2.10. The Kier molecular flexibility index (Phi) is 5.38. The second-order valence-corrected chi connectivity index (χ2v) is 7.37. The first-order chi connectivity index (χ1) is 12.5. The Hall–Kier alpha value is -2.66. The molecule has 4 nitrogen and oxygen atoms in total. The summed E-state index contributed by atoms with van der Waals surface area (Å²) in [6, 6.07) is 13.4. The summed E-state index contributed by atoms with van der Waals surface area (Å²) in [6.07, 6.45) is 1.17. The molecule has 3 aromatic rings. The molecule has 0 aliphatic rings. The number of ketones is 1. The van der Waals surface area contributed by atoms with Crippen LogP contribution in [-0.2, 0) is 11.2 Å². The molecule has 0 unspecified atom stereocenters. The van der Waals surface area contributed by atoms with Crippen molar-refractivity contribution in [3.8, 4) is 5.75 Å². The quantitative estimate of drug-likeness (QED) is 0.609. The summed E-state index contributed by atoms with van der Waals surface area (Å²) in [4.78, 5) is 24.4. The number of thiophene rings is 1. The number of carbonyl (C=O) groups is 2. The summed E-state index contributed by atoms with van der Waals surface area (Å²) >= 11 is 1.75. The lowest BCUT2D eigenvalue weighted by Gasteiger charge is -2.08. The number of carbonyl (C=O) groups excluding carboxylic acids is 1. The van der Waals surface area contributed by atoms with Gasteiger partial charge in [0, 0.05) is 21.6 Å². The van der Waals surface area contributed by atoms with E-state index in [2.05, 4.69) is 19.1 Å². The molecule has 26 heavy (non-hydrogen) atoms. The molecule has 0 spiro atoms. The predicted octanol–water partition coefficient (Wildman–Crippen LogP) is 4.80. The minimum absolute atomic E-state index is 0.0785. The third-order valence-electron chi connectivity index (χ3n) is 4.37. The van der Waals surface area contributed by atoms with Crippen LogP contribution in [0.1, 0.15) is 32.8 Å². The van der Waals surface area contributed by atoms with Gasteiger partial charge in [-0.15, -0.1) is 11.3 Å². The molecular weight excluding hydrogens is 348 g/mol. The van der Waals surface area contributed by atoms with Crippen LogP contribution in [0.5, 0.6) is 5.75 Å². The minimum Gasteiger partial charge on any atom is -0.482 e. The number of rotatable bonds is 7. The number of aryl methyl sites for hydroxylation is 3. The molecule has 0 radical (unpaired) electrons. The molecule has 3 rings (SSSR count). The summed E-state index contributed by atoms with van der Waals surface area (Å²) in [5.41, 5.74) is 2.64. The summed E-state index contributed by atoms with van der Waals surface area (Å²) in [5.74, 6) is -0.456. The molecule has 1 N–H and O–H groups in total. The molecule has 0 aliphatic heterocycles. The van der Waals surface area contributed by atoms with Crippen LogP contribution in [0.25, 0.3) is 10.1 Å². The van der Waals surface area contributed by atoms with E-state index < -0.39 is 5.97 Å². The van der Waals surface area contributed by atoms with Crippen LogP contribution in [0.2, 0.25) is 0 Å². The van der Waals surface area contributed by atoms with Gasteiger partial charge in [0.25, 0.3) is 0 Å². The van der Waals surface area contributed by atoms with Gasteiger partial charge in [0.2, 0.25) is 0 Å². The van der Waals surface area contributed by atoms with Gasteiger partial charge in [-0.2, -0.15) is 0 Å². The number of hydrogen-bond acceptors (Lipinski definition) is 4. The lowest BCUT2D eigenvalue weighted by atomic mass is 10.0. The first-order valence-corrected chi connectivity index (χ1v) is 9.23. The fourth-order valence-electron chi connectivity index (χ4n) is 2.96. The van der Waals surface area contributed by atoms with E-state index >= 15 is 0 Å². The largest absolute Gasteiger partial charge is 0.482 e. The van der Waals surface area contributed by atoms with Crippen molar-refractivity contribution >= 4 is 33.2 Å². The molecule has 134 valence electrons. The Morgan fingerprint density at radius 3 is 2.58 bits per heavy atom. The molecule has 0 aliphatic carbocycles. The number of aliphatic carboxylic acids is 1. The Morgan fingerprint density at radius 2 is 1.88 bits per heavy atom. The molecule has 0 amide bonds. The molecular formula is C21H20O4S. The number of carboxylic acid groups (broad SMARTS) is 1. The Bertz CT molecular complexity index is 971. The van der Waals surface area contributed by atoms with Crippen LogP contribution in [0.3, 0.4) is 0 Å². The molecule has 2 aromatic carbocycles. The highest BCUT2D eigenvalue weighted by Gasteiger charge is 2.13. The van der Waals surface area contributed by atoms with E-state index in [1.807, 2.05) is 19.1 Å². The smallest absolute Gasteiger partial charge is 0.341 e. The summed E-state index contributed by atoms with van der Waals surface area (Å²) < 4.78 is 6.46. The van der Waals surface area contributed by atoms with E-state index in [1.165, 1.54) is 20.5 Å². The zero-order valence-electron chi connectivity index (χ0n) is 14.7. The SMILES string of the molecule is Cc1cc(C(=O)CCc2sc3ccccc3c2C)ccc1OCC(=O)O. The van der Waals surface area contributed by atoms with E-state index in [0.717, 1.165) is 12.0 Å². The molecule has 0 fully saturated rings. The van der Waals surface area contributed by atoms with E-state index in [4.69, 9.17) is 9.84 Å². The van der Waals surface area contributed by atoms with E-state index in [9.17, 15) is 9.59 Å². The van der Waals surface area contributed by atoms with Gasteiger partial charge in [0.1, 0.15) is 5.75 Å². The van der Waals surface area contributed by atoms with Crippen LogP contribution >= 0.6 is 11.3 Å². The number of ether oxygens (including phenoxy) is 1. The number of Topliss-reactive ketones (excluding diaryl/α,β-unsaturated/α-hetero) is 1. The van der Waals surface area contributed by atoms with Crippen molar-refractivity contribution in [2.24, 2.45) is 0 Å². The molecule has 1 aromatic heterocycles. The first-order valence-electron chi connectivity index (χ1n) is 8.41. The number of benzene rings is 2. The fourth-order valence-corrected chi connectivity index (χ4v) is 4.17. The maximum absolute atomic E-state index is 12.5. The van der Waals surface area contributed by atoms with E-state index in [1.54, 1.807) is 29.5 Å². The third kappa shape index (κ3) is 3.94. The number of hydrogen-bond donors (Lipinski definition) is 1. The minimum atomic E-state index is -1.02. The zero-order valence-corrected chi connectivity index (χ0v) is 15.6. The number of carboxylic acids is 1. The Morgan fingerprint density at radius 1 is 1.12 bits per heavy atom. The lowest BCUT2D eigenvalue weighted by molar-refractivity contribution is -0.139. The van der Waals surface area contributed by atoms with Crippen molar-refractivity contribution in [2.75, 3.05) is 6.61 Å². The van der Waals surface area contributed by atoms with Crippen molar-refractivity contribution in [1.82, 2.24) is 0 Å². The molecule has 0 bridgehead atoms. The van der Waals surface area contributed by atoms with Gasteiger partial charge in [-0.1, -0.05) is 18.2 Å². The van der Waals surface area contributed by atoms with Crippen molar-refractivity contribution in [3.05, 3.63) is 64.0 Å². The molecule has 1 heterocycles. The maximum atomic E-state index is 12.5. The van der Waals surface area contributed by atoms with Gasteiger partial charge in [-0.3, -0.25) is 4.79 Å². The van der Waals surface area contributed by atoms with Crippen LogP contribution in [-0.4, -0.2) is 23.5 Å². The van der Waals surface area contributed by atoms with Crippen molar-refractivity contribution in [3.63, 3.8) is 0 Å². The summed E-state index contributed by atoms with van der Waals surface area (Å²) in [5, 5.41) is 9.94. The summed E-state index contributed by atoms with van der Waals surface area (Å²) in [7, 11) is 0. The normalized spacial score (nSPS) is 10.8. The van der Waals surface area contributed by atoms with Gasteiger partial charge in [0.15, 0.2) is 12.4 Å². The van der Waals surface area contributed by atoms with Crippen molar-refractivity contribution in [2.45, 2.75) is 26.7 Å². The first kappa shape index (κ1) is 18.1. The number of fused-ring (bicyclic) bond motifs is 1. The second-order valence-electron chi connectivity index (χ2n) is 6.23. The Balaban J connectivity index is 1.68. The van der Waals surface area contributed by atoms with Crippen LogP contribution < -0.4 is 4.74 Å². The highest BCUT2D eigenvalue weighted by atomic mass is 32.1. The maximum Gasteiger partial charge on any atom is 0.341 e. The predicted molar refractivity (Wildman–Crippen MR) is 104 cm³/mol. The molecule has 0 saturated heterocycles. The van der Waals surface area contributed by atoms with Gasteiger partial charge in [-0.25, -0.2) is 4.79 Å². The standard InChI is InChI=1S/C21H20O4S/c1-13-11-15(7-9-18(13)25-12-21(23)24)17(22)8-10-19-14(2)16-5-3-4-6-20(16)26-19/h3-7,9,11H,8,10,12H2,1-2H3,(H,23,24). The second kappa shape index (κ2) is 7.70. The van der Waals surface area contributed by atoms with Crippen LogP contribution in [0, 0.1) is 13.8 Å². The monoisotopic (exact) mass is 368 g/mol. The third-order valence-corrected chi connectivity index (χ3v) is 5.70. The van der Waals surface area contributed by atoms with Gasteiger partial charge in [-0.05, 0) is 61.0 Å². The highest BCUT2D eigenvalue weighted by molar-refractivity contribution is 7.19. The topological polar surface area (TPSA) is 63.6 Å². The zero-order chi connectivity index (χ0) is 18.7. The van der Waals surface area contributed by atoms with E-state index in [0.29, 0.717) is 17.7 Å². The average molecular weight is 368 g/mol. The highest BCUT2D eigenvalue weighted by Crippen LogP contribution is 2.31. The molecule has 5 heteroatoms. The van der Waals surface area contributed by atoms with E-state index in [-0.39, 0.29) is 12.4 Å².